The lowest BCUT2D eigenvalue weighted by Crippen LogP contribution is -2.05. The third-order valence-electron chi connectivity index (χ3n) is 2.74. The maximum Gasteiger partial charge on any atom is 0.303 e. The molecular weight excluding hydrogens is 268 g/mol. The molecule has 0 spiro atoms. The second-order valence-corrected chi connectivity index (χ2v) is 5.94. The SMILES string of the molecule is CC(C)(C)CCCC(=O)O.Nc1ncnc2cccnc12. The first-order valence-electron chi connectivity index (χ1n) is 6.82. The van der Waals surface area contributed by atoms with Gasteiger partial charge >= 0.3 is 5.97 Å². The van der Waals surface area contributed by atoms with Gasteiger partial charge in [-0.2, -0.15) is 0 Å². The summed E-state index contributed by atoms with van der Waals surface area (Å²) in [6.07, 6.45) is 5.18. The zero-order valence-electron chi connectivity index (χ0n) is 12.7. The minimum atomic E-state index is -0.691. The maximum atomic E-state index is 10.1. The van der Waals surface area contributed by atoms with Crippen LogP contribution in [0.3, 0.4) is 0 Å². The molecule has 0 aliphatic carbocycles. The maximum absolute atomic E-state index is 10.1. The van der Waals surface area contributed by atoms with Gasteiger partial charge in [-0.1, -0.05) is 20.8 Å². The number of aromatic nitrogens is 3. The van der Waals surface area contributed by atoms with E-state index in [1.54, 1.807) is 6.20 Å². The van der Waals surface area contributed by atoms with Crippen LogP contribution in [0.4, 0.5) is 5.82 Å². The summed E-state index contributed by atoms with van der Waals surface area (Å²) in [6, 6.07) is 3.66. The summed E-state index contributed by atoms with van der Waals surface area (Å²) in [7, 11) is 0. The molecule has 0 radical (unpaired) electrons. The van der Waals surface area contributed by atoms with Gasteiger partial charge in [0.05, 0.1) is 5.52 Å². The van der Waals surface area contributed by atoms with Gasteiger partial charge in [-0.05, 0) is 30.4 Å². The predicted molar refractivity (Wildman–Crippen MR) is 82.7 cm³/mol. The Labute approximate surface area is 124 Å². The van der Waals surface area contributed by atoms with Crippen LogP contribution in [0.15, 0.2) is 24.7 Å². The van der Waals surface area contributed by atoms with Gasteiger partial charge in [0, 0.05) is 12.6 Å². The summed E-state index contributed by atoms with van der Waals surface area (Å²) < 4.78 is 0. The average molecular weight is 290 g/mol. The summed E-state index contributed by atoms with van der Waals surface area (Å²) in [6.45, 7) is 6.36. The number of rotatable bonds is 3. The van der Waals surface area contributed by atoms with Gasteiger partial charge < -0.3 is 10.8 Å². The Balaban J connectivity index is 0.000000212. The van der Waals surface area contributed by atoms with Crippen LogP contribution in [0.5, 0.6) is 0 Å². The predicted octanol–water partition coefficient (Wildman–Crippen LogP) is 2.89. The van der Waals surface area contributed by atoms with E-state index >= 15 is 0 Å². The molecule has 2 aromatic heterocycles. The van der Waals surface area contributed by atoms with Crippen molar-refractivity contribution in [3.8, 4) is 0 Å². The molecule has 0 fully saturated rings. The Hall–Kier alpha value is -2.24. The molecule has 0 aliphatic heterocycles. The third-order valence-corrected chi connectivity index (χ3v) is 2.74. The number of hydrogen-bond acceptors (Lipinski definition) is 5. The van der Waals surface area contributed by atoms with Crippen molar-refractivity contribution in [3.05, 3.63) is 24.7 Å². The standard InChI is InChI=1S/C8H16O2.C7H6N4/c1-8(2,3)6-4-5-7(9)10;8-7-6-5(10-4-11-7)2-1-3-9-6/h4-6H2,1-3H3,(H,9,10);1-4H,(H2,8,10,11). The van der Waals surface area contributed by atoms with Crippen molar-refractivity contribution in [1.82, 2.24) is 15.0 Å². The van der Waals surface area contributed by atoms with Crippen molar-refractivity contribution in [3.63, 3.8) is 0 Å². The van der Waals surface area contributed by atoms with Crippen LogP contribution in [-0.2, 0) is 4.79 Å². The monoisotopic (exact) mass is 290 g/mol. The number of nitrogen functional groups attached to an aromatic ring is 1. The van der Waals surface area contributed by atoms with Gasteiger partial charge in [0.25, 0.3) is 0 Å². The molecule has 2 heterocycles. The molecule has 2 rings (SSSR count). The van der Waals surface area contributed by atoms with Crippen molar-refractivity contribution in [2.24, 2.45) is 5.41 Å². The molecular formula is C15H22N4O2. The van der Waals surface area contributed by atoms with E-state index in [2.05, 4.69) is 35.7 Å². The Morgan fingerprint density at radius 1 is 1.29 bits per heavy atom. The largest absolute Gasteiger partial charge is 0.481 e. The van der Waals surface area contributed by atoms with Crippen LogP contribution in [0.2, 0.25) is 0 Å². The molecule has 0 atom stereocenters. The first-order valence-corrected chi connectivity index (χ1v) is 6.82. The van der Waals surface area contributed by atoms with E-state index in [0.29, 0.717) is 17.8 Å². The van der Waals surface area contributed by atoms with E-state index < -0.39 is 5.97 Å². The number of pyridine rings is 1. The van der Waals surface area contributed by atoms with Crippen LogP contribution in [0.1, 0.15) is 40.0 Å². The molecule has 0 bridgehead atoms. The van der Waals surface area contributed by atoms with Gasteiger partial charge in [-0.15, -0.1) is 0 Å². The zero-order valence-corrected chi connectivity index (χ0v) is 12.7. The lowest BCUT2D eigenvalue weighted by Gasteiger charge is -2.16. The van der Waals surface area contributed by atoms with E-state index in [0.717, 1.165) is 18.4 Å². The second kappa shape index (κ2) is 7.52. The summed E-state index contributed by atoms with van der Waals surface area (Å²) in [5.74, 6) is -0.264. The van der Waals surface area contributed by atoms with Crippen molar-refractivity contribution in [2.75, 3.05) is 5.73 Å². The van der Waals surface area contributed by atoms with E-state index in [1.165, 1.54) is 6.33 Å². The summed E-state index contributed by atoms with van der Waals surface area (Å²) in [5, 5.41) is 8.31. The molecule has 0 aromatic carbocycles. The van der Waals surface area contributed by atoms with E-state index in [9.17, 15) is 4.79 Å². The van der Waals surface area contributed by atoms with Gasteiger partial charge in [-0.3, -0.25) is 9.78 Å². The Kier molecular flexibility index (Phi) is 6.02. The fourth-order valence-corrected chi connectivity index (χ4v) is 1.68. The van der Waals surface area contributed by atoms with Crippen LogP contribution in [-0.4, -0.2) is 26.0 Å². The molecule has 0 unspecified atom stereocenters. The molecule has 6 nitrogen and oxygen atoms in total. The number of anilines is 1. The lowest BCUT2D eigenvalue weighted by atomic mass is 9.90. The highest BCUT2D eigenvalue weighted by Gasteiger charge is 2.09. The smallest absolute Gasteiger partial charge is 0.303 e. The van der Waals surface area contributed by atoms with Gasteiger partial charge in [0.1, 0.15) is 11.8 Å². The Morgan fingerprint density at radius 2 is 2.00 bits per heavy atom. The zero-order chi connectivity index (χ0) is 15.9. The molecule has 0 saturated carbocycles. The van der Waals surface area contributed by atoms with Gasteiger partial charge in [-0.25, -0.2) is 9.97 Å². The van der Waals surface area contributed by atoms with Gasteiger partial charge in [0.15, 0.2) is 5.82 Å². The summed E-state index contributed by atoms with van der Waals surface area (Å²) in [5.41, 5.74) is 7.26. The molecule has 3 N–H and O–H groups in total. The Morgan fingerprint density at radius 3 is 2.57 bits per heavy atom. The lowest BCUT2D eigenvalue weighted by molar-refractivity contribution is -0.137. The number of aliphatic carboxylic acids is 1. The molecule has 21 heavy (non-hydrogen) atoms. The minimum Gasteiger partial charge on any atom is -0.481 e. The normalized spacial score (nSPS) is 10.8. The first kappa shape index (κ1) is 16.8. The number of carboxylic acids is 1. The quantitative estimate of drug-likeness (QED) is 0.901. The van der Waals surface area contributed by atoms with Crippen LogP contribution < -0.4 is 5.73 Å². The van der Waals surface area contributed by atoms with Gasteiger partial charge in [0.2, 0.25) is 0 Å². The highest BCUT2D eigenvalue weighted by atomic mass is 16.4. The molecule has 6 heteroatoms. The van der Waals surface area contributed by atoms with Crippen molar-refractivity contribution in [1.29, 1.82) is 0 Å². The van der Waals surface area contributed by atoms with Crippen LogP contribution in [0, 0.1) is 5.41 Å². The topological polar surface area (TPSA) is 102 Å². The number of fused-ring (bicyclic) bond motifs is 1. The highest BCUT2D eigenvalue weighted by molar-refractivity contribution is 5.82. The fourth-order valence-electron chi connectivity index (χ4n) is 1.68. The Bertz CT molecular complexity index is 588. The number of carboxylic acid groups (broad SMARTS) is 1. The number of nitrogens with two attached hydrogens (primary N) is 1. The molecule has 0 saturated heterocycles. The van der Waals surface area contributed by atoms with E-state index in [4.69, 9.17) is 10.8 Å². The van der Waals surface area contributed by atoms with Crippen molar-refractivity contribution < 1.29 is 9.90 Å². The molecule has 114 valence electrons. The fraction of sp³-hybridized carbons (Fsp3) is 0.467. The molecule has 0 aliphatic rings. The second-order valence-electron chi connectivity index (χ2n) is 5.94. The molecule has 0 amide bonds. The van der Waals surface area contributed by atoms with Crippen molar-refractivity contribution in [2.45, 2.75) is 40.0 Å². The summed E-state index contributed by atoms with van der Waals surface area (Å²) in [4.78, 5) is 21.9. The first-order chi connectivity index (χ1) is 9.79. The number of hydrogen-bond donors (Lipinski definition) is 2. The summed E-state index contributed by atoms with van der Waals surface area (Å²) >= 11 is 0. The van der Waals surface area contributed by atoms with Crippen LogP contribution >= 0.6 is 0 Å². The van der Waals surface area contributed by atoms with Crippen molar-refractivity contribution >= 4 is 22.8 Å². The average Bonchev–Trinajstić information content (AvgIpc) is 2.38. The third kappa shape index (κ3) is 6.65. The van der Waals surface area contributed by atoms with Crippen LogP contribution in [0.25, 0.3) is 11.0 Å². The van der Waals surface area contributed by atoms with E-state index in [-0.39, 0.29) is 5.41 Å². The number of nitrogens with zero attached hydrogens (tertiary/aromatic N) is 3. The molecule has 2 aromatic rings. The minimum absolute atomic E-state index is 0.273. The van der Waals surface area contributed by atoms with E-state index in [1.807, 2.05) is 12.1 Å². The number of carbonyl (C=O) groups is 1. The highest BCUT2D eigenvalue weighted by Crippen LogP contribution is 2.21.